The monoisotopic (exact) mass is 337 g/mol. The van der Waals surface area contributed by atoms with Gasteiger partial charge in [0.2, 0.25) is 21.7 Å². The molecule has 1 aliphatic heterocycles. The normalized spacial score (nSPS) is 22.2. The fraction of sp³-hybridized carbons (Fsp3) is 0.667. The fourth-order valence-corrected chi connectivity index (χ4v) is 3.73. The molecule has 2 rings (SSSR count). The number of halogens is 2. The quantitative estimate of drug-likeness (QED) is 0.885. The highest BCUT2D eigenvalue weighted by Crippen LogP contribution is 2.27. The first-order valence-electron chi connectivity index (χ1n) is 6.58. The van der Waals surface area contributed by atoms with E-state index in [0.717, 1.165) is 10.4 Å². The number of alkyl halides is 2. The molecule has 10 heteroatoms. The smallest absolute Gasteiger partial charge is 0.298 e. The molecule has 1 amide bonds. The standard InChI is InChI=1S/C12H17F2N3O4S/c1-12(2,9-6-7(10(13)14)21-16-9)15-11(18)8-4-5-17(3)22(8,19)20/h6,8,10H,4-5H2,1-3H3,(H,15,18). The molecule has 1 N–H and O–H groups in total. The van der Waals surface area contributed by atoms with E-state index >= 15 is 0 Å². The summed E-state index contributed by atoms with van der Waals surface area (Å²) in [5.74, 6) is -1.29. The number of aromatic nitrogens is 1. The summed E-state index contributed by atoms with van der Waals surface area (Å²) >= 11 is 0. The van der Waals surface area contributed by atoms with Gasteiger partial charge in [0.1, 0.15) is 5.69 Å². The first-order chi connectivity index (χ1) is 10.1. The van der Waals surface area contributed by atoms with Gasteiger partial charge in [-0.1, -0.05) is 5.16 Å². The number of nitrogens with one attached hydrogen (secondary N) is 1. The molecule has 1 aliphatic rings. The van der Waals surface area contributed by atoms with E-state index in [1.54, 1.807) is 0 Å². The van der Waals surface area contributed by atoms with Gasteiger partial charge in [0.15, 0.2) is 5.25 Å². The Morgan fingerprint density at radius 2 is 2.18 bits per heavy atom. The van der Waals surface area contributed by atoms with Gasteiger partial charge in [0, 0.05) is 19.7 Å². The van der Waals surface area contributed by atoms with E-state index in [9.17, 15) is 22.0 Å². The van der Waals surface area contributed by atoms with Gasteiger partial charge >= 0.3 is 0 Å². The van der Waals surface area contributed by atoms with Crippen molar-refractivity contribution in [3.05, 3.63) is 17.5 Å². The number of hydrogen-bond donors (Lipinski definition) is 1. The zero-order valence-corrected chi connectivity index (χ0v) is 13.2. The SMILES string of the molecule is CN1CCC(C(=O)NC(C)(C)c2cc(C(F)F)on2)S1(=O)=O. The minimum absolute atomic E-state index is 0.0971. The van der Waals surface area contributed by atoms with Crippen molar-refractivity contribution in [2.75, 3.05) is 13.6 Å². The molecular weight excluding hydrogens is 320 g/mol. The van der Waals surface area contributed by atoms with Gasteiger partial charge < -0.3 is 9.84 Å². The van der Waals surface area contributed by atoms with E-state index in [4.69, 9.17) is 0 Å². The fourth-order valence-electron chi connectivity index (χ4n) is 2.20. The lowest BCUT2D eigenvalue weighted by molar-refractivity contribution is -0.122. The summed E-state index contributed by atoms with van der Waals surface area (Å²) in [5, 5.41) is 4.86. The van der Waals surface area contributed by atoms with Crippen LogP contribution in [0.15, 0.2) is 10.6 Å². The third-order valence-corrected chi connectivity index (χ3v) is 5.83. The Labute approximate surface area is 126 Å². The molecule has 0 aliphatic carbocycles. The summed E-state index contributed by atoms with van der Waals surface area (Å²) < 4.78 is 54.6. The molecule has 0 radical (unpaired) electrons. The predicted octanol–water partition coefficient (Wildman–Crippen LogP) is 0.997. The Kier molecular flexibility index (Phi) is 4.26. The molecule has 7 nitrogen and oxygen atoms in total. The number of carbonyl (C=O) groups excluding carboxylic acids is 1. The van der Waals surface area contributed by atoms with Crippen LogP contribution in [0.4, 0.5) is 8.78 Å². The first kappa shape index (κ1) is 16.8. The van der Waals surface area contributed by atoms with E-state index in [0.29, 0.717) is 0 Å². The molecule has 1 fully saturated rings. The number of sulfonamides is 1. The minimum Gasteiger partial charge on any atom is -0.355 e. The topological polar surface area (TPSA) is 92.5 Å². The molecule has 2 heterocycles. The van der Waals surface area contributed by atoms with Crippen molar-refractivity contribution < 1.29 is 26.5 Å². The van der Waals surface area contributed by atoms with Crippen LogP contribution in [0.2, 0.25) is 0 Å². The van der Waals surface area contributed by atoms with Crippen LogP contribution in [0.3, 0.4) is 0 Å². The summed E-state index contributed by atoms with van der Waals surface area (Å²) in [6, 6.07) is 1.04. The van der Waals surface area contributed by atoms with Crippen LogP contribution in [-0.4, -0.2) is 42.6 Å². The van der Waals surface area contributed by atoms with Crippen LogP contribution in [-0.2, 0) is 20.4 Å². The van der Waals surface area contributed by atoms with Crippen LogP contribution >= 0.6 is 0 Å². The minimum atomic E-state index is -3.67. The number of nitrogens with zero attached hydrogens (tertiary/aromatic N) is 2. The molecule has 1 aromatic rings. The van der Waals surface area contributed by atoms with Crippen molar-refractivity contribution in [1.82, 2.24) is 14.8 Å². The highest BCUT2D eigenvalue weighted by Gasteiger charge is 2.43. The van der Waals surface area contributed by atoms with Gasteiger partial charge in [-0.05, 0) is 20.3 Å². The average molecular weight is 337 g/mol. The summed E-state index contributed by atoms with van der Waals surface area (Å²) in [5.41, 5.74) is -1.04. The van der Waals surface area contributed by atoms with Gasteiger partial charge in [-0.15, -0.1) is 0 Å². The summed E-state index contributed by atoms with van der Waals surface area (Å²) in [6.45, 7) is 3.33. The number of carbonyl (C=O) groups is 1. The molecule has 22 heavy (non-hydrogen) atoms. The van der Waals surface area contributed by atoms with Gasteiger partial charge in [0.25, 0.3) is 6.43 Å². The van der Waals surface area contributed by atoms with Crippen molar-refractivity contribution in [2.45, 2.75) is 37.5 Å². The molecule has 1 unspecified atom stereocenters. The second-order valence-corrected chi connectivity index (χ2v) is 7.90. The van der Waals surface area contributed by atoms with Crippen molar-refractivity contribution in [3.8, 4) is 0 Å². The maximum absolute atomic E-state index is 12.5. The third-order valence-electron chi connectivity index (χ3n) is 3.61. The molecule has 0 saturated carbocycles. The zero-order chi connectivity index (χ0) is 16.7. The van der Waals surface area contributed by atoms with Crippen LogP contribution in [0.1, 0.15) is 38.1 Å². The predicted molar refractivity (Wildman–Crippen MR) is 72.6 cm³/mol. The molecule has 1 atom stereocenters. The van der Waals surface area contributed by atoms with E-state index in [2.05, 4.69) is 15.0 Å². The molecule has 124 valence electrons. The van der Waals surface area contributed by atoms with Crippen LogP contribution in [0, 0.1) is 0 Å². The molecule has 0 aromatic carbocycles. The second-order valence-electron chi connectivity index (χ2n) is 5.67. The average Bonchev–Trinajstić information content (AvgIpc) is 2.96. The molecule has 0 bridgehead atoms. The summed E-state index contributed by atoms with van der Waals surface area (Å²) in [7, 11) is -2.27. The summed E-state index contributed by atoms with van der Waals surface area (Å²) in [6.07, 6.45) is -2.63. The Morgan fingerprint density at radius 3 is 2.64 bits per heavy atom. The Balaban J connectivity index is 2.16. The lowest BCUT2D eigenvalue weighted by Gasteiger charge is -2.25. The van der Waals surface area contributed by atoms with Crippen molar-refractivity contribution in [2.24, 2.45) is 0 Å². The van der Waals surface area contributed by atoms with E-state index in [1.807, 2.05) is 0 Å². The third kappa shape index (κ3) is 2.98. The van der Waals surface area contributed by atoms with Gasteiger partial charge in [0.05, 0.1) is 5.54 Å². The Hall–Kier alpha value is -1.55. The van der Waals surface area contributed by atoms with Crippen molar-refractivity contribution in [1.29, 1.82) is 0 Å². The summed E-state index contributed by atoms with van der Waals surface area (Å²) in [4.78, 5) is 12.2. The van der Waals surface area contributed by atoms with Crippen molar-refractivity contribution in [3.63, 3.8) is 0 Å². The van der Waals surface area contributed by atoms with Gasteiger partial charge in [-0.25, -0.2) is 21.5 Å². The molecule has 1 aromatic heterocycles. The highest BCUT2D eigenvalue weighted by atomic mass is 32.2. The van der Waals surface area contributed by atoms with Crippen LogP contribution < -0.4 is 5.32 Å². The number of rotatable bonds is 4. The number of amides is 1. The Bertz CT molecular complexity index is 672. The lowest BCUT2D eigenvalue weighted by atomic mass is 10.00. The van der Waals surface area contributed by atoms with Gasteiger partial charge in [-0.2, -0.15) is 0 Å². The highest BCUT2D eigenvalue weighted by molar-refractivity contribution is 7.90. The molecular formula is C12H17F2N3O4S. The first-order valence-corrected chi connectivity index (χ1v) is 8.08. The molecule has 1 saturated heterocycles. The lowest BCUT2D eigenvalue weighted by Crippen LogP contribution is -2.48. The van der Waals surface area contributed by atoms with E-state index < -0.39 is 38.9 Å². The molecule has 0 spiro atoms. The zero-order valence-electron chi connectivity index (χ0n) is 12.3. The number of hydrogen-bond acceptors (Lipinski definition) is 5. The van der Waals surface area contributed by atoms with Crippen LogP contribution in [0.25, 0.3) is 0 Å². The Morgan fingerprint density at radius 1 is 1.55 bits per heavy atom. The van der Waals surface area contributed by atoms with Crippen molar-refractivity contribution >= 4 is 15.9 Å². The second kappa shape index (κ2) is 5.58. The van der Waals surface area contributed by atoms with E-state index in [1.165, 1.54) is 20.9 Å². The van der Waals surface area contributed by atoms with Gasteiger partial charge in [-0.3, -0.25) is 4.79 Å². The maximum atomic E-state index is 12.5. The maximum Gasteiger partial charge on any atom is 0.298 e. The van der Waals surface area contributed by atoms with Crippen LogP contribution in [0.5, 0.6) is 0 Å². The largest absolute Gasteiger partial charge is 0.355 e. The van der Waals surface area contributed by atoms with E-state index in [-0.39, 0.29) is 18.7 Å².